The molecule has 1 aliphatic carbocycles. The first-order valence-corrected chi connectivity index (χ1v) is 12.2. The van der Waals surface area contributed by atoms with Gasteiger partial charge in [0.25, 0.3) is 0 Å². The lowest BCUT2D eigenvalue weighted by atomic mass is 9.63. The molecule has 0 spiro atoms. The summed E-state index contributed by atoms with van der Waals surface area (Å²) < 4.78 is 12.2. The smallest absolute Gasteiger partial charge is 0.408 e. The lowest BCUT2D eigenvalue weighted by Crippen LogP contribution is -2.51. The fourth-order valence-corrected chi connectivity index (χ4v) is 4.75. The molecular weight excluding hydrogens is 476 g/mol. The van der Waals surface area contributed by atoms with Gasteiger partial charge in [0.1, 0.15) is 23.7 Å². The van der Waals surface area contributed by atoms with Gasteiger partial charge in [0.15, 0.2) is 0 Å². The quantitative estimate of drug-likeness (QED) is 0.281. The first-order valence-electron chi connectivity index (χ1n) is 11.9. The number of hydrogen-bond donors (Lipinski definition) is 3. The van der Waals surface area contributed by atoms with E-state index >= 15 is 0 Å². The number of aromatic nitrogens is 1. The first kappa shape index (κ1) is 25.5. The lowest BCUT2D eigenvalue weighted by molar-refractivity contribution is 0.129. The molecule has 36 heavy (non-hydrogen) atoms. The molecule has 3 aromatic rings. The molecule has 0 bridgehead atoms. The van der Waals surface area contributed by atoms with E-state index in [0.717, 1.165) is 36.1 Å². The van der Waals surface area contributed by atoms with Gasteiger partial charge < -0.3 is 14.8 Å². The van der Waals surface area contributed by atoms with Crippen molar-refractivity contribution >= 4 is 23.5 Å². The molecule has 1 saturated carbocycles. The standard InChI is InChI=1S/C28H31ClN4O3/c1-27(2,32-26(34)36-18-19-7-13-22(35-3)14-8-19)23-6-4-17-33(24(23)30)25(31)28(15-5-16-28)20-9-11-21(29)12-10-20/h4,6-14,17,30-31H,5,15-16,18H2,1-3H3,(H,32,34). The minimum atomic E-state index is -0.898. The Kier molecular flexibility index (Phi) is 7.22. The zero-order chi connectivity index (χ0) is 25.9. The van der Waals surface area contributed by atoms with Gasteiger partial charge in [0.2, 0.25) is 0 Å². The summed E-state index contributed by atoms with van der Waals surface area (Å²) in [5.41, 5.74) is 1.25. The molecule has 1 aromatic heterocycles. The Balaban J connectivity index is 1.52. The van der Waals surface area contributed by atoms with E-state index in [1.165, 1.54) is 0 Å². The third kappa shape index (κ3) is 5.02. The van der Waals surface area contributed by atoms with Gasteiger partial charge in [-0.25, -0.2) is 4.79 Å². The predicted molar refractivity (Wildman–Crippen MR) is 140 cm³/mol. The number of ether oxygens (including phenoxy) is 2. The summed E-state index contributed by atoms with van der Waals surface area (Å²) in [6.07, 6.45) is 3.85. The largest absolute Gasteiger partial charge is 0.497 e. The predicted octanol–water partition coefficient (Wildman–Crippen LogP) is 5.74. The lowest BCUT2D eigenvalue weighted by Gasteiger charge is -2.43. The molecule has 0 saturated heterocycles. The molecule has 7 nitrogen and oxygen atoms in total. The van der Waals surface area contributed by atoms with E-state index in [0.29, 0.717) is 16.4 Å². The van der Waals surface area contributed by atoms with Crippen LogP contribution >= 0.6 is 11.6 Å². The van der Waals surface area contributed by atoms with Crippen molar-refractivity contribution in [1.82, 2.24) is 9.88 Å². The molecule has 4 rings (SSSR count). The van der Waals surface area contributed by atoms with Crippen molar-refractivity contribution in [2.24, 2.45) is 0 Å². The molecule has 2 aromatic carbocycles. The maximum Gasteiger partial charge on any atom is 0.408 e. The molecule has 0 atom stereocenters. The average Bonchev–Trinajstić information content (AvgIpc) is 2.83. The van der Waals surface area contributed by atoms with Gasteiger partial charge in [-0.2, -0.15) is 0 Å². The Morgan fingerprint density at radius 3 is 2.36 bits per heavy atom. The van der Waals surface area contributed by atoms with Crippen LogP contribution in [0.4, 0.5) is 4.79 Å². The van der Waals surface area contributed by atoms with Crippen molar-refractivity contribution < 1.29 is 14.3 Å². The van der Waals surface area contributed by atoms with E-state index in [1.54, 1.807) is 23.9 Å². The molecule has 1 amide bonds. The van der Waals surface area contributed by atoms with Crippen molar-refractivity contribution in [3.8, 4) is 5.75 Å². The van der Waals surface area contributed by atoms with Crippen molar-refractivity contribution in [1.29, 1.82) is 10.8 Å². The summed E-state index contributed by atoms with van der Waals surface area (Å²) >= 11 is 6.09. The molecule has 1 fully saturated rings. The Morgan fingerprint density at radius 2 is 1.78 bits per heavy atom. The van der Waals surface area contributed by atoms with Gasteiger partial charge in [-0.1, -0.05) is 48.4 Å². The van der Waals surface area contributed by atoms with E-state index < -0.39 is 17.0 Å². The minimum absolute atomic E-state index is 0.114. The van der Waals surface area contributed by atoms with Crippen LogP contribution < -0.4 is 15.5 Å². The Labute approximate surface area is 216 Å². The number of hydrogen-bond acceptors (Lipinski definition) is 5. The second-order valence-corrected chi connectivity index (χ2v) is 10.0. The number of halogens is 1. The molecule has 1 heterocycles. The topological polar surface area (TPSA) is 100 Å². The summed E-state index contributed by atoms with van der Waals surface area (Å²) in [5.74, 6) is 1.08. The van der Waals surface area contributed by atoms with Crippen LogP contribution in [0.25, 0.3) is 0 Å². The third-order valence-corrected chi connectivity index (χ3v) is 7.16. The van der Waals surface area contributed by atoms with Crippen molar-refractivity contribution in [3.05, 3.63) is 94.1 Å². The van der Waals surface area contributed by atoms with E-state index in [9.17, 15) is 4.79 Å². The molecule has 0 unspecified atom stereocenters. The Bertz CT molecular complexity index is 1310. The second-order valence-electron chi connectivity index (χ2n) is 9.61. The van der Waals surface area contributed by atoms with Crippen molar-refractivity contribution in [2.45, 2.75) is 50.7 Å². The van der Waals surface area contributed by atoms with E-state index in [4.69, 9.17) is 31.9 Å². The number of carbonyl (C=O) groups excluding carboxylic acids is 1. The van der Waals surface area contributed by atoms with Gasteiger partial charge in [0, 0.05) is 16.8 Å². The molecule has 188 valence electrons. The average molecular weight is 507 g/mol. The fraction of sp³-hybridized carbons (Fsp3) is 0.321. The second kappa shape index (κ2) is 10.2. The summed E-state index contributed by atoms with van der Waals surface area (Å²) in [5, 5.41) is 21.5. The van der Waals surface area contributed by atoms with Crippen molar-refractivity contribution in [3.63, 3.8) is 0 Å². The highest BCUT2D eigenvalue weighted by atomic mass is 35.5. The van der Waals surface area contributed by atoms with Gasteiger partial charge in [-0.3, -0.25) is 15.4 Å². The third-order valence-electron chi connectivity index (χ3n) is 6.91. The van der Waals surface area contributed by atoms with Crippen LogP contribution in [-0.4, -0.2) is 23.6 Å². The monoisotopic (exact) mass is 506 g/mol. The summed E-state index contributed by atoms with van der Waals surface area (Å²) in [4.78, 5) is 12.6. The molecule has 0 radical (unpaired) electrons. The van der Waals surface area contributed by atoms with Crippen LogP contribution in [0.3, 0.4) is 0 Å². The Morgan fingerprint density at radius 1 is 1.11 bits per heavy atom. The number of methoxy groups -OCH3 is 1. The number of benzene rings is 2. The van der Waals surface area contributed by atoms with Gasteiger partial charge >= 0.3 is 6.09 Å². The van der Waals surface area contributed by atoms with Crippen LogP contribution in [0.1, 0.15) is 49.8 Å². The van der Waals surface area contributed by atoms with Gasteiger partial charge in [-0.05, 0) is 68.1 Å². The summed E-state index contributed by atoms with van der Waals surface area (Å²) in [6.45, 7) is 3.76. The summed E-state index contributed by atoms with van der Waals surface area (Å²) in [6, 6.07) is 18.5. The number of pyridine rings is 1. The van der Waals surface area contributed by atoms with Gasteiger partial charge in [-0.15, -0.1) is 0 Å². The molecule has 3 N–H and O–H groups in total. The van der Waals surface area contributed by atoms with E-state index in [-0.39, 0.29) is 12.1 Å². The normalized spacial score (nSPS) is 14.4. The molecular formula is C28H31ClN4O3. The first-order chi connectivity index (χ1) is 17.2. The number of alkyl carbamates (subject to hydrolysis) is 1. The zero-order valence-corrected chi connectivity index (χ0v) is 21.5. The number of nitrogens with one attached hydrogen (secondary N) is 3. The van der Waals surface area contributed by atoms with E-state index in [2.05, 4.69) is 5.32 Å². The zero-order valence-electron chi connectivity index (χ0n) is 20.7. The van der Waals surface area contributed by atoms with Crippen LogP contribution in [0.5, 0.6) is 5.75 Å². The maximum atomic E-state index is 12.6. The minimum Gasteiger partial charge on any atom is -0.497 e. The van der Waals surface area contributed by atoms with E-state index in [1.807, 2.05) is 68.4 Å². The highest BCUT2D eigenvalue weighted by Crippen LogP contribution is 2.45. The SMILES string of the molecule is COc1ccc(COC(=O)NC(C)(C)c2cccn(C(=N)C3(c4ccc(Cl)cc4)CCC3)c2=N)cc1. The number of amides is 1. The number of carbonyl (C=O) groups is 1. The van der Waals surface area contributed by atoms with Crippen LogP contribution in [-0.2, 0) is 22.3 Å². The molecule has 8 heteroatoms. The highest BCUT2D eigenvalue weighted by molar-refractivity contribution is 6.30. The fourth-order valence-electron chi connectivity index (χ4n) is 4.62. The number of nitrogens with zero attached hydrogens (tertiary/aromatic N) is 1. The molecule has 1 aliphatic rings. The van der Waals surface area contributed by atoms with Crippen molar-refractivity contribution in [2.75, 3.05) is 7.11 Å². The van der Waals surface area contributed by atoms with Crippen LogP contribution in [0.15, 0.2) is 66.9 Å². The van der Waals surface area contributed by atoms with Crippen LogP contribution in [0.2, 0.25) is 5.02 Å². The number of rotatable bonds is 7. The maximum absolute atomic E-state index is 12.6. The van der Waals surface area contributed by atoms with Crippen LogP contribution in [0, 0.1) is 10.8 Å². The summed E-state index contributed by atoms with van der Waals surface area (Å²) in [7, 11) is 1.60. The Hall–Kier alpha value is -3.58. The van der Waals surface area contributed by atoms with Gasteiger partial charge in [0.05, 0.1) is 18.1 Å². The highest BCUT2D eigenvalue weighted by Gasteiger charge is 2.44. The molecule has 0 aliphatic heterocycles.